The summed E-state index contributed by atoms with van der Waals surface area (Å²) in [5.41, 5.74) is 0. The minimum absolute atomic E-state index is 0.000304. The van der Waals surface area contributed by atoms with Crippen LogP contribution in [0.1, 0.15) is 25.1 Å². The molecular formula is C12H17N3O4S. The van der Waals surface area contributed by atoms with Gasteiger partial charge in [-0.2, -0.15) is 4.98 Å². The van der Waals surface area contributed by atoms with Crippen molar-refractivity contribution in [3.05, 3.63) is 11.7 Å². The summed E-state index contributed by atoms with van der Waals surface area (Å²) in [6, 6.07) is 0.132. The van der Waals surface area contributed by atoms with Gasteiger partial charge in [-0.25, -0.2) is 0 Å². The van der Waals surface area contributed by atoms with Crippen molar-refractivity contribution in [2.24, 2.45) is 0 Å². The Morgan fingerprint density at radius 1 is 1.60 bits per heavy atom. The second-order valence-electron chi connectivity index (χ2n) is 5.06. The zero-order valence-electron chi connectivity index (χ0n) is 11.3. The number of carbonyl (C=O) groups is 1. The molecule has 0 saturated carbocycles. The second kappa shape index (κ2) is 5.61. The molecule has 3 rings (SSSR count). The first-order valence-corrected chi connectivity index (χ1v) is 8.11. The third-order valence-corrected chi connectivity index (χ3v) is 5.50. The summed E-state index contributed by atoms with van der Waals surface area (Å²) in [4.78, 5) is 17.9. The standard InChI is InChI=1S/C12H17N3O4S/c1-2-10-13-11(19-14-10)5-18-6-12(16)15-4-9-3-8(15)7-20(9)17/h8-9H,2-7H2,1H3/t8-,9-,20?/m0/s1. The Hall–Kier alpha value is -1.28. The van der Waals surface area contributed by atoms with Gasteiger partial charge in [0.25, 0.3) is 5.89 Å². The summed E-state index contributed by atoms with van der Waals surface area (Å²) in [6.07, 6.45) is 1.57. The number of aryl methyl sites for hydroxylation is 1. The van der Waals surface area contributed by atoms with Crippen molar-refractivity contribution in [2.75, 3.05) is 18.9 Å². The zero-order chi connectivity index (χ0) is 14.1. The number of amides is 1. The Labute approximate surface area is 119 Å². The van der Waals surface area contributed by atoms with Gasteiger partial charge in [0, 0.05) is 35.6 Å². The topological polar surface area (TPSA) is 85.5 Å². The summed E-state index contributed by atoms with van der Waals surface area (Å²) in [5, 5.41) is 3.91. The molecule has 2 bridgehead atoms. The molecule has 0 N–H and O–H groups in total. The Morgan fingerprint density at radius 3 is 3.05 bits per heavy atom. The maximum absolute atomic E-state index is 12.0. The van der Waals surface area contributed by atoms with Gasteiger partial charge in [-0.05, 0) is 6.42 Å². The molecule has 2 saturated heterocycles. The van der Waals surface area contributed by atoms with Crippen LogP contribution in [0.5, 0.6) is 0 Å². The molecule has 2 aliphatic rings. The Balaban J connectivity index is 1.45. The fourth-order valence-electron chi connectivity index (χ4n) is 2.65. The van der Waals surface area contributed by atoms with Gasteiger partial charge in [0.05, 0.1) is 5.25 Å². The minimum atomic E-state index is -0.750. The van der Waals surface area contributed by atoms with Crippen LogP contribution in [0.25, 0.3) is 0 Å². The van der Waals surface area contributed by atoms with Crippen LogP contribution in [0.4, 0.5) is 0 Å². The molecule has 1 unspecified atom stereocenters. The highest BCUT2D eigenvalue weighted by Gasteiger charge is 2.44. The molecule has 1 aromatic heterocycles. The van der Waals surface area contributed by atoms with Gasteiger partial charge in [0.2, 0.25) is 5.91 Å². The summed E-state index contributed by atoms with van der Waals surface area (Å²) in [5.74, 6) is 1.58. The van der Waals surface area contributed by atoms with E-state index in [2.05, 4.69) is 10.1 Å². The van der Waals surface area contributed by atoms with Crippen LogP contribution >= 0.6 is 0 Å². The molecule has 8 heteroatoms. The van der Waals surface area contributed by atoms with Crippen molar-refractivity contribution >= 4 is 16.7 Å². The molecule has 0 radical (unpaired) electrons. The van der Waals surface area contributed by atoms with Crippen LogP contribution in [0, 0.1) is 0 Å². The highest BCUT2D eigenvalue weighted by atomic mass is 32.2. The smallest absolute Gasteiger partial charge is 0.252 e. The summed E-state index contributed by atoms with van der Waals surface area (Å²) in [7, 11) is -0.750. The molecule has 7 nitrogen and oxygen atoms in total. The minimum Gasteiger partial charge on any atom is -0.362 e. The van der Waals surface area contributed by atoms with E-state index in [-0.39, 0.29) is 30.4 Å². The SMILES string of the molecule is CCc1noc(COCC(=O)N2C[C@@H]3C[C@H]2CS3=O)n1. The maximum Gasteiger partial charge on any atom is 0.252 e. The molecule has 20 heavy (non-hydrogen) atoms. The molecule has 110 valence electrons. The van der Waals surface area contributed by atoms with E-state index in [9.17, 15) is 9.00 Å². The first kappa shape index (κ1) is 13.7. The number of likely N-dealkylation sites (tertiary alicyclic amines) is 1. The molecule has 0 aliphatic carbocycles. The molecule has 0 spiro atoms. The van der Waals surface area contributed by atoms with Gasteiger partial charge in [0.15, 0.2) is 5.82 Å². The molecule has 1 amide bonds. The predicted octanol–water partition coefficient (Wildman–Crippen LogP) is -0.120. The number of fused-ring (bicyclic) bond motifs is 2. The normalized spacial score (nSPS) is 28.2. The second-order valence-corrected chi connectivity index (χ2v) is 6.82. The fraction of sp³-hybridized carbons (Fsp3) is 0.750. The number of hydrogen-bond acceptors (Lipinski definition) is 6. The molecular weight excluding hydrogens is 282 g/mol. The highest BCUT2D eigenvalue weighted by molar-refractivity contribution is 7.86. The van der Waals surface area contributed by atoms with Crippen molar-refractivity contribution in [1.82, 2.24) is 15.0 Å². The molecule has 0 aromatic carbocycles. The number of ether oxygens (including phenoxy) is 1. The average molecular weight is 299 g/mol. The van der Waals surface area contributed by atoms with E-state index in [1.165, 1.54) is 0 Å². The van der Waals surface area contributed by atoms with Crippen molar-refractivity contribution in [3.63, 3.8) is 0 Å². The lowest BCUT2D eigenvalue weighted by atomic mass is 10.2. The molecule has 2 aliphatic heterocycles. The van der Waals surface area contributed by atoms with Gasteiger partial charge in [-0.1, -0.05) is 12.1 Å². The number of aromatic nitrogens is 2. The number of hydrogen-bond donors (Lipinski definition) is 0. The molecule has 2 fully saturated rings. The summed E-state index contributed by atoms with van der Waals surface area (Å²) in [6.45, 7) is 2.68. The van der Waals surface area contributed by atoms with E-state index in [4.69, 9.17) is 9.26 Å². The zero-order valence-corrected chi connectivity index (χ0v) is 12.1. The van der Waals surface area contributed by atoms with Crippen molar-refractivity contribution in [3.8, 4) is 0 Å². The van der Waals surface area contributed by atoms with E-state index in [0.717, 1.165) is 6.42 Å². The van der Waals surface area contributed by atoms with Gasteiger partial charge in [-0.15, -0.1) is 0 Å². The average Bonchev–Trinajstić information content (AvgIpc) is 3.12. The van der Waals surface area contributed by atoms with E-state index >= 15 is 0 Å². The fourth-order valence-corrected chi connectivity index (χ4v) is 4.39. The van der Waals surface area contributed by atoms with Crippen LogP contribution in [-0.4, -0.2) is 55.4 Å². The number of rotatable bonds is 5. The Morgan fingerprint density at radius 2 is 2.45 bits per heavy atom. The monoisotopic (exact) mass is 299 g/mol. The van der Waals surface area contributed by atoms with Crippen LogP contribution in [0.2, 0.25) is 0 Å². The van der Waals surface area contributed by atoms with Crippen molar-refractivity contribution in [2.45, 2.75) is 37.7 Å². The van der Waals surface area contributed by atoms with Gasteiger partial charge in [0.1, 0.15) is 13.2 Å². The van der Waals surface area contributed by atoms with E-state index in [0.29, 0.717) is 30.4 Å². The van der Waals surface area contributed by atoms with Crippen molar-refractivity contribution < 1.29 is 18.3 Å². The van der Waals surface area contributed by atoms with Crippen LogP contribution in [-0.2, 0) is 33.4 Å². The van der Waals surface area contributed by atoms with Crippen LogP contribution in [0.3, 0.4) is 0 Å². The quantitative estimate of drug-likeness (QED) is 0.753. The lowest BCUT2D eigenvalue weighted by molar-refractivity contribution is -0.137. The molecule has 3 atom stereocenters. The Kier molecular flexibility index (Phi) is 3.84. The van der Waals surface area contributed by atoms with Gasteiger partial charge in [-0.3, -0.25) is 9.00 Å². The van der Waals surface area contributed by atoms with Gasteiger partial charge >= 0.3 is 0 Å². The third-order valence-electron chi connectivity index (χ3n) is 3.70. The first-order chi connectivity index (χ1) is 9.67. The van der Waals surface area contributed by atoms with E-state index in [1.807, 2.05) is 6.92 Å². The molecule has 3 heterocycles. The number of nitrogens with zero attached hydrogens (tertiary/aromatic N) is 3. The lowest BCUT2D eigenvalue weighted by Crippen LogP contribution is -2.44. The summed E-state index contributed by atoms with van der Waals surface area (Å²) < 4.78 is 21.8. The number of carbonyl (C=O) groups excluding carboxylic acids is 1. The van der Waals surface area contributed by atoms with E-state index < -0.39 is 10.8 Å². The largest absolute Gasteiger partial charge is 0.362 e. The highest BCUT2D eigenvalue weighted by Crippen LogP contribution is 2.30. The first-order valence-electron chi connectivity index (χ1n) is 6.73. The Bertz CT molecular complexity index is 533. The van der Waals surface area contributed by atoms with Crippen LogP contribution in [0.15, 0.2) is 4.52 Å². The third kappa shape index (κ3) is 2.62. The lowest BCUT2D eigenvalue weighted by Gasteiger charge is -2.26. The van der Waals surface area contributed by atoms with Gasteiger partial charge < -0.3 is 14.2 Å². The molecule has 1 aromatic rings. The summed E-state index contributed by atoms with van der Waals surface area (Å²) >= 11 is 0. The predicted molar refractivity (Wildman–Crippen MR) is 70.2 cm³/mol. The van der Waals surface area contributed by atoms with Crippen molar-refractivity contribution in [1.29, 1.82) is 0 Å². The van der Waals surface area contributed by atoms with Crippen LogP contribution < -0.4 is 0 Å². The van der Waals surface area contributed by atoms with E-state index in [1.54, 1.807) is 4.90 Å². The maximum atomic E-state index is 12.0.